The van der Waals surface area contributed by atoms with Crippen LogP contribution >= 0.6 is 0 Å². The van der Waals surface area contributed by atoms with Gasteiger partial charge in [0.2, 0.25) is 5.95 Å². The van der Waals surface area contributed by atoms with Gasteiger partial charge in [-0.25, -0.2) is 24.1 Å². The van der Waals surface area contributed by atoms with Crippen LogP contribution in [0.15, 0.2) is 53.6 Å². The van der Waals surface area contributed by atoms with Gasteiger partial charge in [0.1, 0.15) is 17.0 Å². The van der Waals surface area contributed by atoms with Gasteiger partial charge in [-0.05, 0) is 70.9 Å². The van der Waals surface area contributed by atoms with Crippen LogP contribution in [0, 0.1) is 0 Å². The zero-order valence-electron chi connectivity index (χ0n) is 24.6. The summed E-state index contributed by atoms with van der Waals surface area (Å²) in [6.45, 7) is 10.1. The maximum absolute atomic E-state index is 13.7. The van der Waals surface area contributed by atoms with Crippen molar-refractivity contribution >= 4 is 28.9 Å². The lowest BCUT2D eigenvalue weighted by Gasteiger charge is -2.27. The van der Waals surface area contributed by atoms with Crippen molar-refractivity contribution < 1.29 is 22.7 Å². The molecule has 3 heterocycles. The molecule has 1 saturated carbocycles. The summed E-state index contributed by atoms with van der Waals surface area (Å²) in [5.74, 6) is -0.820. The average Bonchev–Trinajstić information content (AvgIpc) is 3.56. The number of pyridine rings is 1. The number of nitrogens with zero attached hydrogens (tertiary/aromatic N) is 5. The number of benzene rings is 1. The molecule has 2 atom stereocenters. The third-order valence-corrected chi connectivity index (χ3v) is 7.35. The lowest BCUT2D eigenvalue weighted by Crippen LogP contribution is -2.40. The number of nitrogens with one attached hydrogen (secondary N) is 2. The minimum atomic E-state index is -4.51. The Balaban J connectivity index is 1.52. The number of imidazole rings is 1. The van der Waals surface area contributed by atoms with Gasteiger partial charge in [-0.15, -0.1) is 0 Å². The molecule has 5 rings (SSSR count). The van der Waals surface area contributed by atoms with Crippen LogP contribution in [-0.4, -0.2) is 60.9 Å². The average molecular weight is 598 g/mol. The molecule has 2 N–H and O–H groups in total. The molecular formula is C30H34F3N7O3. The zero-order chi connectivity index (χ0) is 31.2. The number of hydrogen-bond donors (Lipinski definition) is 2. The Morgan fingerprint density at radius 2 is 1.84 bits per heavy atom. The van der Waals surface area contributed by atoms with Crippen LogP contribution in [0.3, 0.4) is 0 Å². The molecule has 0 amide bonds. The van der Waals surface area contributed by atoms with Crippen molar-refractivity contribution in [1.82, 2.24) is 24.5 Å². The van der Waals surface area contributed by atoms with E-state index in [4.69, 9.17) is 4.74 Å². The van der Waals surface area contributed by atoms with Gasteiger partial charge in [0, 0.05) is 37.0 Å². The number of hydrogen-bond acceptors (Lipinski definition) is 8. The standard InChI is InChI=1S/C30H34F3N7O3/c1-6-39(7-2)26-35-17-19(15-30(31,32)33)23(37-26)38-29(25(41)43-28(3,4)5)16-21(29)18-10-12-20(13-11-18)40-24-22(36-27(40)42)9-8-14-34-24/h8-14,17,21H,6-7,15-16H2,1-5H3,(H,36,42)(H,35,37,38)/t21-,29+/m0/s1. The largest absolute Gasteiger partial charge is 0.458 e. The number of fused-ring (bicyclic) bond motifs is 1. The van der Waals surface area contributed by atoms with E-state index in [0.717, 1.165) is 5.56 Å². The Labute approximate surface area is 246 Å². The highest BCUT2D eigenvalue weighted by Crippen LogP contribution is 2.55. The van der Waals surface area contributed by atoms with Crippen LogP contribution in [-0.2, 0) is 16.0 Å². The number of aromatic nitrogens is 5. The summed E-state index contributed by atoms with van der Waals surface area (Å²) in [5, 5.41) is 3.09. The molecule has 0 aliphatic heterocycles. The smallest absolute Gasteiger partial charge is 0.393 e. The van der Waals surface area contributed by atoms with Crippen molar-refractivity contribution in [3.63, 3.8) is 0 Å². The van der Waals surface area contributed by atoms with Gasteiger partial charge < -0.3 is 19.9 Å². The molecule has 0 unspecified atom stereocenters. The highest BCUT2D eigenvalue weighted by Gasteiger charge is 2.63. The fourth-order valence-electron chi connectivity index (χ4n) is 5.21. The van der Waals surface area contributed by atoms with Crippen LogP contribution in [0.25, 0.3) is 16.9 Å². The van der Waals surface area contributed by atoms with Gasteiger partial charge in [0.15, 0.2) is 5.65 Å². The number of esters is 1. The molecule has 0 bridgehead atoms. The molecule has 10 nitrogen and oxygen atoms in total. The third-order valence-electron chi connectivity index (χ3n) is 7.35. The lowest BCUT2D eigenvalue weighted by atomic mass is 10.0. The first-order valence-corrected chi connectivity index (χ1v) is 14.1. The highest BCUT2D eigenvalue weighted by molar-refractivity contribution is 5.91. The number of carbonyl (C=O) groups excluding carboxylic acids is 1. The van der Waals surface area contributed by atoms with Crippen molar-refractivity contribution in [2.75, 3.05) is 23.3 Å². The van der Waals surface area contributed by atoms with Gasteiger partial charge in [0.05, 0.1) is 17.6 Å². The number of alkyl halides is 3. The van der Waals surface area contributed by atoms with Gasteiger partial charge in [-0.2, -0.15) is 18.2 Å². The minimum absolute atomic E-state index is 0.0596. The van der Waals surface area contributed by atoms with Gasteiger partial charge in [-0.3, -0.25) is 0 Å². The van der Waals surface area contributed by atoms with Crippen molar-refractivity contribution in [3.8, 4) is 5.69 Å². The fraction of sp³-hybridized carbons (Fsp3) is 0.433. The number of H-pyrrole nitrogens is 1. The van der Waals surface area contributed by atoms with Crippen LogP contribution in [0.4, 0.5) is 24.9 Å². The van der Waals surface area contributed by atoms with Gasteiger partial charge in [0.25, 0.3) is 0 Å². The summed E-state index contributed by atoms with van der Waals surface area (Å²) in [5.41, 5.74) is -0.318. The predicted octanol–water partition coefficient (Wildman–Crippen LogP) is 5.13. The Bertz CT molecular complexity index is 1690. The summed E-state index contributed by atoms with van der Waals surface area (Å²) >= 11 is 0. The van der Waals surface area contributed by atoms with E-state index in [0.29, 0.717) is 29.9 Å². The SMILES string of the molecule is CCN(CC)c1ncc(CC(F)(F)F)c(N[C@]2(C(=O)OC(C)(C)C)C[C@H]2c2ccc(-n3c(=O)[nH]c4cccnc43)cc2)n1. The van der Waals surface area contributed by atoms with Crippen LogP contribution < -0.4 is 15.9 Å². The van der Waals surface area contributed by atoms with E-state index in [1.54, 1.807) is 63.4 Å². The minimum Gasteiger partial charge on any atom is -0.458 e. The fourth-order valence-corrected chi connectivity index (χ4v) is 5.21. The number of halogens is 3. The van der Waals surface area contributed by atoms with Crippen molar-refractivity contribution in [1.29, 1.82) is 0 Å². The first-order valence-electron chi connectivity index (χ1n) is 14.1. The molecule has 3 aromatic heterocycles. The van der Waals surface area contributed by atoms with E-state index in [9.17, 15) is 22.8 Å². The normalized spacial score (nSPS) is 18.5. The predicted molar refractivity (Wildman–Crippen MR) is 157 cm³/mol. The zero-order valence-corrected chi connectivity index (χ0v) is 24.6. The van der Waals surface area contributed by atoms with E-state index in [1.807, 2.05) is 18.7 Å². The number of aromatic amines is 1. The number of anilines is 2. The molecule has 1 fully saturated rings. The van der Waals surface area contributed by atoms with Gasteiger partial charge in [-0.1, -0.05) is 12.1 Å². The number of carbonyl (C=O) groups is 1. The molecule has 4 aromatic rings. The highest BCUT2D eigenvalue weighted by atomic mass is 19.4. The molecule has 1 aliphatic carbocycles. The number of rotatable bonds is 9. The molecule has 1 aromatic carbocycles. The lowest BCUT2D eigenvalue weighted by molar-refractivity contribution is -0.157. The maximum Gasteiger partial charge on any atom is 0.393 e. The van der Waals surface area contributed by atoms with Crippen LogP contribution in [0.2, 0.25) is 0 Å². The quantitative estimate of drug-likeness (QED) is 0.255. The first-order chi connectivity index (χ1) is 20.2. The summed E-state index contributed by atoms with van der Waals surface area (Å²) < 4.78 is 47.9. The van der Waals surface area contributed by atoms with E-state index in [1.165, 1.54) is 10.8 Å². The molecule has 0 radical (unpaired) electrons. The summed E-state index contributed by atoms with van der Waals surface area (Å²) in [4.78, 5) is 43.9. The summed E-state index contributed by atoms with van der Waals surface area (Å²) in [6, 6.07) is 10.6. The topological polar surface area (TPSA) is 118 Å². The van der Waals surface area contributed by atoms with E-state index in [-0.39, 0.29) is 29.4 Å². The molecule has 43 heavy (non-hydrogen) atoms. The Kier molecular flexibility index (Phi) is 7.69. The Hall–Kier alpha value is -4.42. The van der Waals surface area contributed by atoms with Crippen LogP contribution in [0.1, 0.15) is 58.1 Å². The third kappa shape index (κ3) is 6.20. The second-order valence-electron chi connectivity index (χ2n) is 11.6. The van der Waals surface area contributed by atoms with E-state index < -0.39 is 35.6 Å². The summed E-state index contributed by atoms with van der Waals surface area (Å²) in [7, 11) is 0. The molecule has 0 spiro atoms. The molecular weight excluding hydrogens is 563 g/mol. The van der Waals surface area contributed by atoms with Crippen LogP contribution in [0.5, 0.6) is 0 Å². The summed E-state index contributed by atoms with van der Waals surface area (Å²) in [6.07, 6.45) is -2.74. The number of ether oxygens (including phenoxy) is 1. The second kappa shape index (κ2) is 11.0. The van der Waals surface area contributed by atoms with Crippen molar-refractivity contribution in [3.05, 3.63) is 70.4 Å². The van der Waals surface area contributed by atoms with E-state index >= 15 is 0 Å². The van der Waals surface area contributed by atoms with Crippen molar-refractivity contribution in [2.45, 2.75) is 70.7 Å². The molecule has 0 saturated heterocycles. The Morgan fingerprint density at radius 3 is 2.47 bits per heavy atom. The monoisotopic (exact) mass is 597 g/mol. The molecule has 228 valence electrons. The maximum atomic E-state index is 13.7. The van der Waals surface area contributed by atoms with Crippen molar-refractivity contribution in [2.24, 2.45) is 0 Å². The molecule has 13 heteroatoms. The van der Waals surface area contributed by atoms with Gasteiger partial charge >= 0.3 is 17.8 Å². The van der Waals surface area contributed by atoms with E-state index in [2.05, 4.69) is 25.3 Å². The second-order valence-corrected chi connectivity index (χ2v) is 11.6. The first kappa shape index (κ1) is 30.1. The molecule has 1 aliphatic rings. The Morgan fingerprint density at radius 1 is 1.14 bits per heavy atom.